The third-order valence-corrected chi connectivity index (χ3v) is 3.72. The first-order valence-corrected chi connectivity index (χ1v) is 6.29. The molecule has 0 saturated carbocycles. The van der Waals surface area contributed by atoms with E-state index in [9.17, 15) is 13.6 Å². The van der Waals surface area contributed by atoms with Crippen molar-refractivity contribution >= 4 is 41.3 Å². The van der Waals surface area contributed by atoms with Crippen LogP contribution in [0.25, 0.3) is 0 Å². The smallest absolute Gasteiger partial charge is 0.262 e. The molecule has 18 heavy (non-hydrogen) atoms. The van der Waals surface area contributed by atoms with Crippen molar-refractivity contribution in [2.45, 2.75) is 24.9 Å². The van der Waals surface area contributed by atoms with E-state index in [1.165, 1.54) is 11.3 Å². The molecule has 1 aliphatic rings. The molecule has 3 nitrogen and oxygen atoms in total. The fraction of sp³-hybridized carbons (Fsp3) is 0.500. The van der Waals surface area contributed by atoms with Crippen LogP contribution in [0.5, 0.6) is 0 Å². The number of rotatable bonds is 3. The molecule has 2 N–H and O–H groups in total. The predicted molar refractivity (Wildman–Crippen MR) is 69.8 cm³/mol. The van der Waals surface area contributed by atoms with Crippen molar-refractivity contribution in [1.82, 2.24) is 10.6 Å². The molecule has 1 unspecified atom stereocenters. The fourth-order valence-electron chi connectivity index (χ4n) is 1.65. The number of carbonyl (C=O) groups is 1. The van der Waals surface area contributed by atoms with Crippen LogP contribution in [-0.4, -0.2) is 24.4 Å². The summed E-state index contributed by atoms with van der Waals surface area (Å²) in [5, 5.41) is 5.11. The summed E-state index contributed by atoms with van der Waals surface area (Å²) in [5.74, 6) is -3.18. The van der Waals surface area contributed by atoms with Crippen molar-refractivity contribution in [3.8, 4) is 0 Å². The average molecular weight is 317 g/mol. The van der Waals surface area contributed by atoms with Gasteiger partial charge in [0.15, 0.2) is 0 Å². The molecule has 1 amide bonds. The van der Waals surface area contributed by atoms with Crippen molar-refractivity contribution in [3.63, 3.8) is 0 Å². The lowest BCUT2D eigenvalue weighted by Crippen LogP contribution is -2.39. The average Bonchev–Trinajstić information content (AvgIpc) is 2.81. The largest absolute Gasteiger partial charge is 0.350 e. The van der Waals surface area contributed by atoms with Crippen LogP contribution in [0.15, 0.2) is 12.1 Å². The highest BCUT2D eigenvalue weighted by Gasteiger charge is 2.42. The summed E-state index contributed by atoms with van der Waals surface area (Å²) in [7, 11) is 0. The Hall–Kier alpha value is -0.430. The van der Waals surface area contributed by atoms with Gasteiger partial charge in [0, 0.05) is 11.3 Å². The second-order valence-corrected chi connectivity index (χ2v) is 5.72. The Morgan fingerprint density at radius 3 is 2.83 bits per heavy atom. The van der Waals surface area contributed by atoms with Crippen LogP contribution >= 0.6 is 35.3 Å². The van der Waals surface area contributed by atoms with Gasteiger partial charge >= 0.3 is 0 Å². The number of alkyl halides is 2. The highest BCUT2D eigenvalue weighted by Crippen LogP contribution is 2.25. The third kappa shape index (κ3) is 4.05. The van der Waals surface area contributed by atoms with Gasteiger partial charge in [-0.05, 0) is 12.1 Å². The van der Waals surface area contributed by atoms with Gasteiger partial charge in [0.2, 0.25) is 5.91 Å². The standard InChI is InChI=1S/C10H11ClF2N2OS.ClH/c11-8-2-1-6(17-8)4-14-9(16)7-3-10(12,13)5-15-7;/h1-2,7,15H,3-5H2,(H,14,16);1H. The normalized spacial score (nSPS) is 21.4. The molecule has 102 valence electrons. The molecule has 1 saturated heterocycles. The monoisotopic (exact) mass is 316 g/mol. The molecule has 2 heterocycles. The Labute approximate surface area is 118 Å². The summed E-state index contributed by atoms with van der Waals surface area (Å²) in [5.41, 5.74) is 0. The molecule has 0 radical (unpaired) electrons. The number of hydrogen-bond donors (Lipinski definition) is 2. The van der Waals surface area contributed by atoms with Gasteiger partial charge in [-0.15, -0.1) is 23.7 Å². The van der Waals surface area contributed by atoms with Crippen molar-refractivity contribution in [1.29, 1.82) is 0 Å². The van der Waals surface area contributed by atoms with Crippen LogP contribution in [-0.2, 0) is 11.3 Å². The molecule has 2 rings (SSSR count). The Kier molecular flexibility index (Phi) is 5.33. The second-order valence-electron chi connectivity index (χ2n) is 3.92. The van der Waals surface area contributed by atoms with Crippen molar-refractivity contribution < 1.29 is 13.6 Å². The van der Waals surface area contributed by atoms with Gasteiger partial charge in [-0.25, -0.2) is 8.78 Å². The first-order chi connectivity index (χ1) is 7.96. The summed E-state index contributed by atoms with van der Waals surface area (Å²) in [6, 6.07) is 2.72. The zero-order chi connectivity index (χ0) is 12.5. The van der Waals surface area contributed by atoms with E-state index in [0.29, 0.717) is 10.9 Å². The minimum Gasteiger partial charge on any atom is -0.350 e. The van der Waals surface area contributed by atoms with E-state index in [-0.39, 0.29) is 12.4 Å². The first-order valence-electron chi connectivity index (χ1n) is 5.09. The molecule has 0 aliphatic carbocycles. The Balaban J connectivity index is 0.00000162. The highest BCUT2D eigenvalue weighted by molar-refractivity contribution is 7.16. The zero-order valence-corrected chi connectivity index (χ0v) is 11.6. The molecule has 0 spiro atoms. The lowest BCUT2D eigenvalue weighted by molar-refractivity contribution is -0.123. The summed E-state index contributed by atoms with van der Waals surface area (Å²) < 4.78 is 26.4. The van der Waals surface area contributed by atoms with E-state index in [1.54, 1.807) is 12.1 Å². The Bertz CT molecular complexity index is 428. The zero-order valence-electron chi connectivity index (χ0n) is 9.21. The van der Waals surface area contributed by atoms with Crippen LogP contribution in [0, 0.1) is 0 Å². The molecular formula is C10H12Cl2F2N2OS. The molecule has 1 aliphatic heterocycles. The van der Waals surface area contributed by atoms with Gasteiger partial charge in [-0.2, -0.15) is 0 Å². The van der Waals surface area contributed by atoms with Gasteiger partial charge in [0.25, 0.3) is 5.92 Å². The molecule has 1 fully saturated rings. The van der Waals surface area contributed by atoms with Gasteiger partial charge in [-0.1, -0.05) is 11.6 Å². The van der Waals surface area contributed by atoms with Crippen LogP contribution in [0.3, 0.4) is 0 Å². The minimum absolute atomic E-state index is 0. The van der Waals surface area contributed by atoms with Crippen LogP contribution in [0.4, 0.5) is 8.78 Å². The number of amides is 1. The SMILES string of the molecule is Cl.O=C(NCc1ccc(Cl)s1)C1CC(F)(F)CN1. The van der Waals surface area contributed by atoms with Crippen LogP contribution in [0.2, 0.25) is 4.34 Å². The number of carbonyl (C=O) groups excluding carboxylic acids is 1. The first kappa shape index (κ1) is 15.6. The highest BCUT2D eigenvalue weighted by atomic mass is 35.5. The van der Waals surface area contributed by atoms with Crippen molar-refractivity contribution in [2.24, 2.45) is 0 Å². The van der Waals surface area contributed by atoms with E-state index < -0.39 is 30.8 Å². The van der Waals surface area contributed by atoms with E-state index in [1.807, 2.05) is 0 Å². The molecule has 1 aromatic rings. The third-order valence-electron chi connectivity index (χ3n) is 2.49. The maximum atomic E-state index is 12.9. The summed E-state index contributed by atoms with van der Waals surface area (Å²) in [6.07, 6.45) is -0.440. The number of hydrogen-bond acceptors (Lipinski definition) is 3. The molecule has 0 aromatic carbocycles. The number of halogens is 4. The van der Waals surface area contributed by atoms with Crippen LogP contribution in [0.1, 0.15) is 11.3 Å². The number of nitrogens with one attached hydrogen (secondary N) is 2. The summed E-state index contributed by atoms with van der Waals surface area (Å²) in [4.78, 5) is 12.5. The molecule has 1 atom stereocenters. The minimum atomic E-state index is -2.78. The van der Waals surface area contributed by atoms with Gasteiger partial charge in [-0.3, -0.25) is 10.1 Å². The van der Waals surface area contributed by atoms with Crippen molar-refractivity contribution in [3.05, 3.63) is 21.3 Å². The lowest BCUT2D eigenvalue weighted by Gasteiger charge is -2.10. The number of thiophene rings is 1. The second kappa shape index (κ2) is 6.14. The Morgan fingerprint density at radius 1 is 1.61 bits per heavy atom. The molecule has 8 heteroatoms. The summed E-state index contributed by atoms with van der Waals surface area (Å²) in [6.45, 7) is -0.115. The Morgan fingerprint density at radius 2 is 2.33 bits per heavy atom. The van der Waals surface area contributed by atoms with Gasteiger partial charge in [0.05, 0.1) is 23.5 Å². The quantitative estimate of drug-likeness (QED) is 0.899. The van der Waals surface area contributed by atoms with E-state index in [2.05, 4.69) is 10.6 Å². The van der Waals surface area contributed by atoms with E-state index >= 15 is 0 Å². The van der Waals surface area contributed by atoms with Gasteiger partial charge in [0.1, 0.15) is 0 Å². The molecule has 1 aromatic heterocycles. The van der Waals surface area contributed by atoms with Gasteiger partial charge < -0.3 is 5.32 Å². The van der Waals surface area contributed by atoms with E-state index in [4.69, 9.17) is 11.6 Å². The predicted octanol–water partition coefficient (Wildman–Crippen LogP) is 2.44. The maximum Gasteiger partial charge on any atom is 0.262 e. The van der Waals surface area contributed by atoms with E-state index in [0.717, 1.165) is 4.88 Å². The lowest BCUT2D eigenvalue weighted by atomic mass is 10.2. The summed E-state index contributed by atoms with van der Waals surface area (Å²) >= 11 is 7.09. The molecular weight excluding hydrogens is 305 g/mol. The fourth-order valence-corrected chi connectivity index (χ4v) is 2.67. The van der Waals surface area contributed by atoms with Crippen molar-refractivity contribution in [2.75, 3.05) is 6.54 Å². The topological polar surface area (TPSA) is 41.1 Å². The maximum absolute atomic E-state index is 12.9. The van der Waals surface area contributed by atoms with Crippen LogP contribution < -0.4 is 10.6 Å². The molecule has 0 bridgehead atoms.